The second kappa shape index (κ2) is 8.14. The number of aromatic nitrogens is 4. The van der Waals surface area contributed by atoms with Crippen LogP contribution in [0.3, 0.4) is 0 Å². The number of rotatable bonds is 6. The zero-order valence-corrected chi connectivity index (χ0v) is 17.8. The Morgan fingerprint density at radius 2 is 2.06 bits per heavy atom. The number of pyridine rings is 2. The summed E-state index contributed by atoms with van der Waals surface area (Å²) in [6.07, 6.45) is 5.99. The average molecular weight is 422 g/mol. The Hall–Kier alpha value is -3.20. The second-order valence-electron chi connectivity index (χ2n) is 8.43. The summed E-state index contributed by atoms with van der Waals surface area (Å²) in [5.41, 5.74) is 1.86. The molecule has 3 aromatic rings. The fourth-order valence-corrected chi connectivity index (χ4v) is 4.92. The minimum Gasteiger partial charge on any atom is -0.468 e. The monoisotopic (exact) mass is 421 g/mol. The van der Waals surface area contributed by atoms with E-state index in [4.69, 9.17) is 9.72 Å². The van der Waals surface area contributed by atoms with Crippen LogP contribution in [-0.2, 0) is 9.53 Å². The SMILES string of the molecule is COC(=O)CN1[C@@H]2CC[C@H]1CC(Nc1nc(Nc3cc(C)[nH]n3)cc3ncccc13)C2. The molecule has 0 saturated carbocycles. The highest BCUT2D eigenvalue weighted by Crippen LogP contribution is 2.37. The first-order valence-electron chi connectivity index (χ1n) is 10.7. The van der Waals surface area contributed by atoms with Crippen LogP contribution >= 0.6 is 0 Å². The molecule has 9 heteroatoms. The number of ether oxygens (including phenoxy) is 1. The number of esters is 1. The molecule has 0 amide bonds. The van der Waals surface area contributed by atoms with Gasteiger partial charge in [0.05, 0.1) is 19.2 Å². The number of nitrogens with one attached hydrogen (secondary N) is 3. The topological polar surface area (TPSA) is 108 Å². The van der Waals surface area contributed by atoms with E-state index >= 15 is 0 Å². The molecule has 1 unspecified atom stereocenters. The van der Waals surface area contributed by atoms with Gasteiger partial charge in [-0.05, 0) is 44.7 Å². The molecule has 2 bridgehead atoms. The Kier molecular flexibility index (Phi) is 5.19. The van der Waals surface area contributed by atoms with Crippen molar-refractivity contribution in [2.24, 2.45) is 0 Å². The number of nitrogens with zero attached hydrogens (tertiary/aromatic N) is 4. The van der Waals surface area contributed by atoms with Gasteiger partial charge in [0.1, 0.15) is 11.6 Å². The van der Waals surface area contributed by atoms with E-state index in [1.165, 1.54) is 7.11 Å². The Morgan fingerprint density at radius 3 is 2.77 bits per heavy atom. The van der Waals surface area contributed by atoms with Crippen molar-refractivity contribution in [3.05, 3.63) is 36.2 Å². The zero-order chi connectivity index (χ0) is 21.4. The lowest BCUT2D eigenvalue weighted by molar-refractivity contribution is -0.143. The van der Waals surface area contributed by atoms with Gasteiger partial charge in [0.15, 0.2) is 5.82 Å². The number of carbonyl (C=O) groups is 1. The first-order valence-corrected chi connectivity index (χ1v) is 10.7. The molecule has 0 aliphatic carbocycles. The Bertz CT molecular complexity index is 1080. The van der Waals surface area contributed by atoms with Crippen molar-refractivity contribution in [1.29, 1.82) is 0 Å². The van der Waals surface area contributed by atoms with Crippen LogP contribution in [0.25, 0.3) is 10.9 Å². The Labute approximate surface area is 180 Å². The minimum absolute atomic E-state index is 0.158. The van der Waals surface area contributed by atoms with Crippen LogP contribution in [0.1, 0.15) is 31.4 Å². The number of methoxy groups -OCH3 is 1. The van der Waals surface area contributed by atoms with Gasteiger partial charge in [-0.25, -0.2) is 4.98 Å². The second-order valence-corrected chi connectivity index (χ2v) is 8.43. The van der Waals surface area contributed by atoms with Gasteiger partial charge in [-0.1, -0.05) is 0 Å². The molecule has 5 heterocycles. The molecule has 2 fully saturated rings. The molecule has 2 aliphatic heterocycles. The van der Waals surface area contributed by atoms with E-state index < -0.39 is 0 Å². The minimum atomic E-state index is -0.158. The summed E-state index contributed by atoms with van der Waals surface area (Å²) < 4.78 is 4.88. The van der Waals surface area contributed by atoms with Gasteiger partial charge in [-0.3, -0.25) is 19.8 Å². The third kappa shape index (κ3) is 4.05. The van der Waals surface area contributed by atoms with Crippen molar-refractivity contribution < 1.29 is 9.53 Å². The van der Waals surface area contributed by atoms with Crippen LogP contribution in [0.4, 0.5) is 17.5 Å². The van der Waals surface area contributed by atoms with Crippen molar-refractivity contribution in [3.8, 4) is 0 Å². The number of carbonyl (C=O) groups excluding carboxylic acids is 1. The molecule has 9 nitrogen and oxygen atoms in total. The van der Waals surface area contributed by atoms with Crippen LogP contribution in [0.15, 0.2) is 30.5 Å². The van der Waals surface area contributed by atoms with Crippen LogP contribution in [0.2, 0.25) is 0 Å². The lowest BCUT2D eigenvalue weighted by Crippen LogP contribution is -2.49. The van der Waals surface area contributed by atoms with Gasteiger partial charge < -0.3 is 15.4 Å². The fraction of sp³-hybridized carbons (Fsp3) is 0.455. The molecule has 2 saturated heterocycles. The number of fused-ring (bicyclic) bond motifs is 3. The van der Waals surface area contributed by atoms with E-state index in [1.807, 2.05) is 31.2 Å². The molecule has 162 valence electrons. The van der Waals surface area contributed by atoms with E-state index in [9.17, 15) is 4.79 Å². The number of hydrogen-bond acceptors (Lipinski definition) is 8. The number of anilines is 3. The number of hydrogen-bond donors (Lipinski definition) is 3. The predicted molar refractivity (Wildman–Crippen MR) is 118 cm³/mol. The summed E-state index contributed by atoms with van der Waals surface area (Å²) in [5, 5.41) is 15.1. The number of aryl methyl sites for hydroxylation is 1. The fourth-order valence-electron chi connectivity index (χ4n) is 4.92. The van der Waals surface area contributed by atoms with Crippen molar-refractivity contribution in [2.75, 3.05) is 24.3 Å². The van der Waals surface area contributed by atoms with Crippen LogP contribution in [0.5, 0.6) is 0 Å². The van der Waals surface area contributed by atoms with Crippen molar-refractivity contribution >= 4 is 34.3 Å². The molecule has 31 heavy (non-hydrogen) atoms. The molecular formula is C22H27N7O2. The average Bonchev–Trinajstić information content (AvgIpc) is 3.26. The zero-order valence-electron chi connectivity index (χ0n) is 17.8. The molecule has 0 aromatic carbocycles. The maximum Gasteiger partial charge on any atom is 0.319 e. The van der Waals surface area contributed by atoms with Gasteiger partial charge in [0, 0.05) is 47.5 Å². The maximum atomic E-state index is 11.8. The first kappa shape index (κ1) is 19.7. The Morgan fingerprint density at radius 1 is 1.26 bits per heavy atom. The summed E-state index contributed by atoms with van der Waals surface area (Å²) in [6.45, 7) is 2.34. The molecule has 0 spiro atoms. The van der Waals surface area contributed by atoms with Gasteiger partial charge in [-0.2, -0.15) is 5.10 Å². The largest absolute Gasteiger partial charge is 0.468 e. The van der Waals surface area contributed by atoms with E-state index in [-0.39, 0.29) is 5.97 Å². The standard InChI is InChI=1S/C22H27N7O2/c1-13-8-20(28-27-13)25-19-11-18-17(4-3-7-23-18)22(26-19)24-14-9-15-5-6-16(10-14)29(15)12-21(30)31-2/h3-4,7-8,11,14-16H,5-6,9-10,12H2,1-2H3,(H3,24,25,26,27,28)/t14?,15-,16+. The predicted octanol–water partition coefficient (Wildman–Crippen LogP) is 2.99. The Balaban J connectivity index is 1.37. The summed E-state index contributed by atoms with van der Waals surface area (Å²) in [7, 11) is 1.45. The molecule has 3 aromatic heterocycles. The highest BCUT2D eigenvalue weighted by molar-refractivity contribution is 5.91. The smallest absolute Gasteiger partial charge is 0.319 e. The summed E-state index contributed by atoms with van der Waals surface area (Å²) >= 11 is 0. The molecule has 3 atom stereocenters. The van der Waals surface area contributed by atoms with Gasteiger partial charge in [0.2, 0.25) is 0 Å². The van der Waals surface area contributed by atoms with Crippen LogP contribution in [0, 0.1) is 6.92 Å². The molecule has 3 N–H and O–H groups in total. The molecular weight excluding hydrogens is 394 g/mol. The van der Waals surface area contributed by atoms with E-state index in [0.717, 1.165) is 53.9 Å². The normalized spacial score (nSPS) is 23.1. The first-order chi connectivity index (χ1) is 15.1. The summed E-state index contributed by atoms with van der Waals surface area (Å²) in [5.74, 6) is 2.09. The van der Waals surface area contributed by atoms with Crippen molar-refractivity contribution in [1.82, 2.24) is 25.1 Å². The maximum absolute atomic E-state index is 11.8. The molecule has 5 rings (SSSR count). The number of aromatic amines is 1. The van der Waals surface area contributed by atoms with Crippen LogP contribution < -0.4 is 10.6 Å². The number of piperidine rings is 1. The van der Waals surface area contributed by atoms with Gasteiger partial charge in [0.25, 0.3) is 0 Å². The van der Waals surface area contributed by atoms with E-state index in [1.54, 1.807) is 6.20 Å². The lowest BCUT2D eigenvalue weighted by atomic mass is 9.97. The van der Waals surface area contributed by atoms with Crippen molar-refractivity contribution in [3.63, 3.8) is 0 Å². The van der Waals surface area contributed by atoms with E-state index in [2.05, 4.69) is 30.7 Å². The third-order valence-electron chi connectivity index (χ3n) is 6.33. The highest BCUT2D eigenvalue weighted by Gasteiger charge is 2.41. The quantitative estimate of drug-likeness (QED) is 0.522. The number of H-pyrrole nitrogens is 1. The lowest BCUT2D eigenvalue weighted by Gasteiger charge is -2.38. The van der Waals surface area contributed by atoms with Crippen molar-refractivity contribution in [2.45, 2.75) is 50.7 Å². The highest BCUT2D eigenvalue weighted by atomic mass is 16.5. The van der Waals surface area contributed by atoms with Gasteiger partial charge in [-0.15, -0.1) is 0 Å². The summed E-state index contributed by atoms with van der Waals surface area (Å²) in [4.78, 5) is 23.5. The third-order valence-corrected chi connectivity index (χ3v) is 6.33. The van der Waals surface area contributed by atoms with Crippen LogP contribution in [-0.4, -0.2) is 62.8 Å². The molecule has 0 radical (unpaired) electrons. The molecule has 2 aliphatic rings. The van der Waals surface area contributed by atoms with Gasteiger partial charge >= 0.3 is 5.97 Å². The van der Waals surface area contributed by atoms with E-state index in [0.29, 0.717) is 30.5 Å². The summed E-state index contributed by atoms with van der Waals surface area (Å²) in [6, 6.07) is 8.94.